The van der Waals surface area contributed by atoms with Crippen LogP contribution in [0.5, 0.6) is 5.75 Å². The summed E-state index contributed by atoms with van der Waals surface area (Å²) in [6.45, 7) is 2.68. The maximum Gasteiger partial charge on any atom is 0.165 e. The number of nitrogens with two attached hydrogens (primary N) is 1. The summed E-state index contributed by atoms with van der Waals surface area (Å²) in [5, 5.41) is 0. The number of hydrogen-bond acceptors (Lipinski definition) is 3. The number of rotatable bonds is 4. The van der Waals surface area contributed by atoms with E-state index in [2.05, 4.69) is 10.4 Å². The summed E-state index contributed by atoms with van der Waals surface area (Å²) in [7, 11) is 1.42. The number of hydrogen-bond donors (Lipinski definition) is 2. The van der Waals surface area contributed by atoms with Crippen LogP contribution in [-0.2, 0) is 0 Å². The van der Waals surface area contributed by atoms with Crippen LogP contribution in [0.2, 0.25) is 0 Å². The Hall–Kier alpha value is -1.62. The van der Waals surface area contributed by atoms with Gasteiger partial charge in [-0.3, -0.25) is 4.99 Å². The summed E-state index contributed by atoms with van der Waals surface area (Å²) in [6.07, 6.45) is 0.920. The highest BCUT2D eigenvalue weighted by atomic mass is 19.1. The molecule has 88 valence electrons. The Bertz CT molecular complexity index is 379. The van der Waals surface area contributed by atoms with Gasteiger partial charge in [-0.25, -0.2) is 10.2 Å². The smallest absolute Gasteiger partial charge is 0.165 e. The zero-order valence-electron chi connectivity index (χ0n) is 9.46. The van der Waals surface area contributed by atoms with E-state index in [4.69, 9.17) is 10.6 Å². The van der Waals surface area contributed by atoms with Crippen LogP contribution >= 0.6 is 0 Å². The highest BCUT2D eigenvalue weighted by Gasteiger charge is 2.07. The predicted molar refractivity (Wildman–Crippen MR) is 62.0 cm³/mol. The molecule has 5 heteroatoms. The van der Waals surface area contributed by atoms with Gasteiger partial charge in [-0.1, -0.05) is 6.92 Å². The first-order chi connectivity index (χ1) is 7.72. The molecular formula is C11H16FN3O. The number of hydrazine groups is 1. The van der Waals surface area contributed by atoms with Gasteiger partial charge >= 0.3 is 0 Å². The van der Waals surface area contributed by atoms with Gasteiger partial charge in [0.05, 0.1) is 7.11 Å². The second kappa shape index (κ2) is 6.07. The van der Waals surface area contributed by atoms with Crippen LogP contribution < -0.4 is 16.0 Å². The Morgan fingerprint density at radius 1 is 1.56 bits per heavy atom. The van der Waals surface area contributed by atoms with Crippen LogP contribution in [0.1, 0.15) is 18.9 Å². The molecule has 0 aliphatic carbocycles. The molecule has 3 N–H and O–H groups in total. The average Bonchev–Trinajstić information content (AvgIpc) is 2.32. The first kappa shape index (κ1) is 12.4. The third-order valence-electron chi connectivity index (χ3n) is 2.05. The predicted octanol–water partition coefficient (Wildman–Crippen LogP) is 1.45. The molecule has 4 nitrogen and oxygen atoms in total. The fourth-order valence-corrected chi connectivity index (χ4v) is 1.25. The third kappa shape index (κ3) is 2.93. The van der Waals surface area contributed by atoms with Gasteiger partial charge in [0.2, 0.25) is 0 Å². The molecule has 0 heterocycles. The highest BCUT2D eigenvalue weighted by molar-refractivity contribution is 5.98. The molecule has 0 unspecified atom stereocenters. The van der Waals surface area contributed by atoms with E-state index in [0.29, 0.717) is 17.9 Å². The minimum atomic E-state index is -0.405. The number of ether oxygens (including phenoxy) is 1. The fourth-order valence-electron chi connectivity index (χ4n) is 1.25. The summed E-state index contributed by atoms with van der Waals surface area (Å²) in [5.74, 6) is 5.66. The lowest BCUT2D eigenvalue weighted by molar-refractivity contribution is 0.386. The maximum absolute atomic E-state index is 13.2. The summed E-state index contributed by atoms with van der Waals surface area (Å²) < 4.78 is 18.1. The van der Waals surface area contributed by atoms with Crippen molar-refractivity contribution in [2.24, 2.45) is 10.8 Å². The van der Waals surface area contributed by atoms with Crippen LogP contribution in [0.25, 0.3) is 0 Å². The van der Waals surface area contributed by atoms with Crippen LogP contribution in [0.15, 0.2) is 23.2 Å². The van der Waals surface area contributed by atoms with Gasteiger partial charge in [0.1, 0.15) is 5.84 Å². The summed E-state index contributed by atoms with van der Waals surface area (Å²) in [4.78, 5) is 4.24. The average molecular weight is 225 g/mol. The van der Waals surface area contributed by atoms with Gasteiger partial charge in [-0.15, -0.1) is 0 Å². The Morgan fingerprint density at radius 3 is 2.88 bits per heavy atom. The normalized spacial score (nSPS) is 11.4. The molecular weight excluding hydrogens is 209 g/mol. The molecule has 16 heavy (non-hydrogen) atoms. The van der Waals surface area contributed by atoms with E-state index in [-0.39, 0.29) is 5.75 Å². The van der Waals surface area contributed by atoms with Gasteiger partial charge in [0.15, 0.2) is 11.6 Å². The Kier molecular flexibility index (Phi) is 4.72. The number of benzene rings is 1. The molecule has 0 radical (unpaired) electrons. The van der Waals surface area contributed by atoms with Gasteiger partial charge in [-0.05, 0) is 24.6 Å². The SMILES string of the molecule is CCCN=C(NN)c1ccc(F)c(OC)c1. The molecule has 0 spiro atoms. The lowest BCUT2D eigenvalue weighted by Crippen LogP contribution is -2.31. The second-order valence-electron chi connectivity index (χ2n) is 3.22. The number of nitrogens with zero attached hydrogens (tertiary/aromatic N) is 1. The van der Waals surface area contributed by atoms with E-state index < -0.39 is 5.82 Å². The Balaban J connectivity index is 3.01. The summed E-state index contributed by atoms with van der Waals surface area (Å²) in [5.41, 5.74) is 3.20. The molecule has 0 amide bonds. The quantitative estimate of drug-likeness (QED) is 0.353. The van der Waals surface area contributed by atoms with E-state index in [9.17, 15) is 4.39 Å². The summed E-state index contributed by atoms with van der Waals surface area (Å²) >= 11 is 0. The number of amidine groups is 1. The lowest BCUT2D eigenvalue weighted by Gasteiger charge is -2.08. The van der Waals surface area contributed by atoms with Crippen LogP contribution in [0, 0.1) is 5.82 Å². The minimum Gasteiger partial charge on any atom is -0.494 e. The molecule has 0 aliphatic heterocycles. The van der Waals surface area contributed by atoms with Crippen molar-refractivity contribution in [2.45, 2.75) is 13.3 Å². The largest absolute Gasteiger partial charge is 0.494 e. The molecule has 1 aromatic rings. The highest BCUT2D eigenvalue weighted by Crippen LogP contribution is 2.18. The van der Waals surface area contributed by atoms with Crippen molar-refractivity contribution in [1.29, 1.82) is 0 Å². The number of nitrogens with one attached hydrogen (secondary N) is 1. The molecule has 0 saturated heterocycles. The van der Waals surface area contributed by atoms with Gasteiger partial charge < -0.3 is 10.2 Å². The van der Waals surface area contributed by atoms with Crippen molar-refractivity contribution in [3.63, 3.8) is 0 Å². The topological polar surface area (TPSA) is 59.6 Å². The van der Waals surface area contributed by atoms with E-state index in [1.54, 1.807) is 12.1 Å². The van der Waals surface area contributed by atoms with Gasteiger partial charge in [0, 0.05) is 12.1 Å². The zero-order valence-corrected chi connectivity index (χ0v) is 9.46. The standard InChI is InChI=1S/C11H16FN3O/c1-3-6-14-11(15-13)8-4-5-9(12)10(7-8)16-2/h4-5,7H,3,6,13H2,1-2H3,(H,14,15). The van der Waals surface area contributed by atoms with Crippen LogP contribution in [-0.4, -0.2) is 19.5 Å². The number of aliphatic imine (C=N–C) groups is 1. The van der Waals surface area contributed by atoms with Crippen LogP contribution in [0.3, 0.4) is 0 Å². The van der Waals surface area contributed by atoms with Crippen molar-refractivity contribution in [3.05, 3.63) is 29.6 Å². The number of methoxy groups -OCH3 is 1. The van der Waals surface area contributed by atoms with E-state index in [0.717, 1.165) is 6.42 Å². The van der Waals surface area contributed by atoms with Crippen molar-refractivity contribution >= 4 is 5.84 Å². The molecule has 0 aromatic heterocycles. The molecule has 1 aromatic carbocycles. The molecule has 1 rings (SSSR count). The first-order valence-corrected chi connectivity index (χ1v) is 5.08. The van der Waals surface area contributed by atoms with E-state index in [1.807, 2.05) is 6.92 Å². The van der Waals surface area contributed by atoms with Crippen molar-refractivity contribution < 1.29 is 9.13 Å². The number of halogens is 1. The van der Waals surface area contributed by atoms with Crippen molar-refractivity contribution in [2.75, 3.05) is 13.7 Å². The van der Waals surface area contributed by atoms with Gasteiger partial charge in [-0.2, -0.15) is 0 Å². The Labute approximate surface area is 94.3 Å². The maximum atomic E-state index is 13.2. The lowest BCUT2D eigenvalue weighted by atomic mass is 10.2. The van der Waals surface area contributed by atoms with Crippen molar-refractivity contribution in [3.8, 4) is 5.75 Å². The summed E-state index contributed by atoms with van der Waals surface area (Å²) in [6, 6.07) is 4.49. The first-order valence-electron chi connectivity index (χ1n) is 5.08. The monoisotopic (exact) mass is 225 g/mol. The van der Waals surface area contributed by atoms with Crippen LogP contribution in [0.4, 0.5) is 4.39 Å². The minimum absolute atomic E-state index is 0.178. The Morgan fingerprint density at radius 2 is 2.31 bits per heavy atom. The molecule has 0 aliphatic rings. The van der Waals surface area contributed by atoms with E-state index >= 15 is 0 Å². The third-order valence-corrected chi connectivity index (χ3v) is 2.05. The molecule has 0 bridgehead atoms. The van der Waals surface area contributed by atoms with E-state index in [1.165, 1.54) is 13.2 Å². The molecule has 0 atom stereocenters. The molecule has 0 fully saturated rings. The van der Waals surface area contributed by atoms with Crippen molar-refractivity contribution in [1.82, 2.24) is 5.43 Å². The zero-order chi connectivity index (χ0) is 12.0. The van der Waals surface area contributed by atoms with Gasteiger partial charge in [0.25, 0.3) is 0 Å². The second-order valence-corrected chi connectivity index (χ2v) is 3.22. The molecule has 0 saturated carbocycles. The fraction of sp³-hybridized carbons (Fsp3) is 0.364.